The van der Waals surface area contributed by atoms with Gasteiger partial charge in [0.15, 0.2) is 0 Å². The number of nitrogens with one attached hydrogen (secondary N) is 1. The van der Waals surface area contributed by atoms with Gasteiger partial charge < -0.3 is 15.1 Å². The predicted molar refractivity (Wildman–Crippen MR) is 147 cm³/mol. The second-order valence-electron chi connectivity index (χ2n) is 12.1. The third-order valence-electron chi connectivity index (χ3n) is 9.66. The van der Waals surface area contributed by atoms with Crippen molar-refractivity contribution >= 4 is 27.4 Å². The van der Waals surface area contributed by atoms with Gasteiger partial charge in [-0.1, -0.05) is 13.3 Å². The van der Waals surface area contributed by atoms with Crippen LogP contribution in [-0.4, -0.2) is 64.2 Å². The average Bonchev–Trinajstić information content (AvgIpc) is 3.44. The lowest BCUT2D eigenvalue weighted by Gasteiger charge is -2.45. The zero-order valence-corrected chi connectivity index (χ0v) is 23.3. The number of anilines is 1. The third-order valence-corrected chi connectivity index (χ3v) is 10.7. The van der Waals surface area contributed by atoms with Gasteiger partial charge in [-0.2, -0.15) is 18.4 Å². The Morgan fingerprint density at radius 1 is 1.10 bits per heavy atom. The van der Waals surface area contributed by atoms with Gasteiger partial charge in [0.05, 0.1) is 11.8 Å². The van der Waals surface area contributed by atoms with E-state index < -0.39 is 12.6 Å². The largest absolute Gasteiger partial charge is 0.393 e. The van der Waals surface area contributed by atoms with E-state index in [1.807, 2.05) is 0 Å². The lowest BCUT2D eigenvalue weighted by Crippen LogP contribution is -2.48. The van der Waals surface area contributed by atoms with Crippen LogP contribution < -0.4 is 5.32 Å². The molecule has 0 aromatic carbocycles. The number of fused-ring (bicyclic) bond motifs is 2. The molecule has 39 heavy (non-hydrogen) atoms. The number of aromatic nitrogens is 2. The van der Waals surface area contributed by atoms with E-state index in [0.29, 0.717) is 39.8 Å². The number of halogens is 3. The number of piperidine rings is 1. The average molecular weight is 559 g/mol. The first-order chi connectivity index (χ1) is 18.8. The zero-order chi connectivity index (χ0) is 27.1. The Labute approximate surface area is 232 Å². The Morgan fingerprint density at radius 3 is 2.59 bits per heavy atom. The minimum atomic E-state index is -4.23. The third kappa shape index (κ3) is 5.76. The summed E-state index contributed by atoms with van der Waals surface area (Å²) in [5, 5.41) is 14.0. The van der Waals surface area contributed by atoms with E-state index in [-0.39, 0.29) is 10.9 Å². The number of alkyl halides is 3. The molecular formula is C29H37F3N6S. The molecule has 1 saturated heterocycles. The molecule has 2 saturated carbocycles. The monoisotopic (exact) mass is 558 g/mol. The molecule has 0 bridgehead atoms. The first-order valence-electron chi connectivity index (χ1n) is 14.4. The van der Waals surface area contributed by atoms with E-state index >= 15 is 0 Å². The van der Waals surface area contributed by atoms with Gasteiger partial charge in [0.25, 0.3) is 0 Å². The highest BCUT2D eigenvalue weighted by molar-refractivity contribution is 7.18. The summed E-state index contributed by atoms with van der Waals surface area (Å²) in [7, 11) is 0. The van der Waals surface area contributed by atoms with Gasteiger partial charge in [-0.25, -0.2) is 9.97 Å². The molecule has 0 spiro atoms. The lowest BCUT2D eigenvalue weighted by atomic mass is 9.70. The molecule has 210 valence electrons. The molecule has 2 aromatic rings. The first-order valence-corrected chi connectivity index (χ1v) is 15.3. The summed E-state index contributed by atoms with van der Waals surface area (Å²) < 4.78 is 38.6. The molecule has 4 atom stereocenters. The van der Waals surface area contributed by atoms with Crippen molar-refractivity contribution in [2.75, 3.05) is 31.5 Å². The second kappa shape index (κ2) is 10.9. The van der Waals surface area contributed by atoms with Crippen molar-refractivity contribution in [1.29, 1.82) is 5.26 Å². The molecule has 2 aliphatic heterocycles. The molecule has 10 heteroatoms. The maximum atomic E-state index is 12.9. The predicted octanol–water partition coefficient (Wildman–Crippen LogP) is 6.23. The van der Waals surface area contributed by atoms with Crippen molar-refractivity contribution in [3.05, 3.63) is 29.0 Å². The van der Waals surface area contributed by atoms with Gasteiger partial charge in [-0.3, -0.25) is 0 Å². The SMILES string of the molecule is CC1C(CN2CCC(Nc3ncnc4sc(CC(F)(F)F)cc34)CC2)CCC2C1C=C(C#N)N2CC1CCC1. The minimum Gasteiger partial charge on any atom is -0.367 e. The normalized spacial score (nSPS) is 28.7. The molecule has 4 unspecified atom stereocenters. The van der Waals surface area contributed by atoms with Crippen LogP contribution in [0, 0.1) is 35.0 Å². The molecule has 2 aromatic heterocycles. The molecule has 1 N–H and O–H groups in total. The van der Waals surface area contributed by atoms with E-state index in [4.69, 9.17) is 0 Å². The number of thiophene rings is 1. The molecule has 2 aliphatic carbocycles. The Bertz CT molecular complexity index is 1240. The Hall–Kier alpha value is -2.38. The van der Waals surface area contributed by atoms with E-state index in [1.165, 1.54) is 38.4 Å². The highest BCUT2D eigenvalue weighted by atomic mass is 32.1. The van der Waals surface area contributed by atoms with Gasteiger partial charge in [-0.05, 0) is 68.4 Å². The van der Waals surface area contributed by atoms with Crippen LogP contribution >= 0.6 is 11.3 Å². The summed E-state index contributed by atoms with van der Waals surface area (Å²) in [6, 6.07) is 4.83. The smallest absolute Gasteiger partial charge is 0.367 e. The van der Waals surface area contributed by atoms with Gasteiger partial charge in [-0.15, -0.1) is 11.3 Å². The molecule has 0 radical (unpaired) electrons. The summed E-state index contributed by atoms with van der Waals surface area (Å²) in [6.07, 6.45) is 6.86. The zero-order valence-electron chi connectivity index (χ0n) is 22.5. The van der Waals surface area contributed by atoms with Crippen LogP contribution in [0.3, 0.4) is 0 Å². The standard InChI is InChI=1S/C29H37F3N6S/c1-18-20(5-6-26-24(18)11-22(14-33)38(26)15-19-3-2-4-19)16-37-9-7-21(8-10-37)36-27-25-12-23(13-29(30,31)32)39-28(25)35-17-34-27/h11-12,17-21,24,26H,2-10,13,15-16H2,1H3,(H,34,35,36). The van der Waals surface area contributed by atoms with Crippen LogP contribution in [-0.2, 0) is 6.42 Å². The van der Waals surface area contributed by atoms with Crippen LogP contribution in [0.25, 0.3) is 10.2 Å². The summed E-state index contributed by atoms with van der Waals surface area (Å²) in [5.74, 6) is 3.08. The quantitative estimate of drug-likeness (QED) is 0.435. The molecule has 3 fully saturated rings. The number of nitriles is 1. The highest BCUT2D eigenvalue weighted by Crippen LogP contribution is 2.45. The van der Waals surface area contributed by atoms with E-state index in [0.717, 1.165) is 62.0 Å². The molecule has 4 aliphatic rings. The molecule has 0 amide bonds. The summed E-state index contributed by atoms with van der Waals surface area (Å²) in [5.41, 5.74) is 0.909. The topological polar surface area (TPSA) is 68.1 Å². The van der Waals surface area contributed by atoms with Crippen LogP contribution in [0.5, 0.6) is 0 Å². The second-order valence-corrected chi connectivity index (χ2v) is 13.2. The number of rotatable bonds is 7. The number of allylic oxidation sites excluding steroid dienone is 1. The number of nitrogens with zero attached hydrogens (tertiary/aromatic N) is 5. The highest BCUT2D eigenvalue weighted by Gasteiger charge is 2.44. The Morgan fingerprint density at radius 2 is 1.90 bits per heavy atom. The van der Waals surface area contributed by atoms with Crippen molar-refractivity contribution in [3.8, 4) is 6.07 Å². The minimum absolute atomic E-state index is 0.245. The van der Waals surface area contributed by atoms with E-state index in [1.54, 1.807) is 6.07 Å². The molecule has 6 nitrogen and oxygen atoms in total. The van der Waals surface area contributed by atoms with Gasteiger partial charge in [0.2, 0.25) is 0 Å². The summed E-state index contributed by atoms with van der Waals surface area (Å²) >= 11 is 1.09. The summed E-state index contributed by atoms with van der Waals surface area (Å²) in [4.78, 5) is 14.5. The van der Waals surface area contributed by atoms with Gasteiger partial charge >= 0.3 is 6.18 Å². The van der Waals surface area contributed by atoms with Gasteiger partial charge in [0.1, 0.15) is 28.7 Å². The van der Waals surface area contributed by atoms with Crippen molar-refractivity contribution < 1.29 is 13.2 Å². The Kier molecular flexibility index (Phi) is 7.49. The maximum absolute atomic E-state index is 12.9. The fourth-order valence-electron chi connectivity index (χ4n) is 7.22. The number of likely N-dealkylation sites (tertiary alicyclic amines) is 1. The van der Waals surface area contributed by atoms with Crippen molar-refractivity contribution in [2.45, 2.75) is 76.6 Å². The fraction of sp³-hybridized carbons (Fsp3) is 0.690. The van der Waals surface area contributed by atoms with Crippen LogP contribution in [0.4, 0.5) is 19.0 Å². The molecule has 4 heterocycles. The molecular weight excluding hydrogens is 521 g/mol. The first kappa shape index (κ1) is 26.8. The van der Waals surface area contributed by atoms with E-state index in [2.05, 4.69) is 44.2 Å². The van der Waals surface area contributed by atoms with Crippen molar-refractivity contribution in [1.82, 2.24) is 19.8 Å². The van der Waals surface area contributed by atoms with Crippen LogP contribution in [0.2, 0.25) is 0 Å². The van der Waals surface area contributed by atoms with Gasteiger partial charge in [0, 0.05) is 49.1 Å². The molecule has 6 rings (SSSR count). The van der Waals surface area contributed by atoms with Crippen molar-refractivity contribution in [3.63, 3.8) is 0 Å². The maximum Gasteiger partial charge on any atom is 0.393 e. The van der Waals surface area contributed by atoms with E-state index in [9.17, 15) is 18.4 Å². The summed E-state index contributed by atoms with van der Waals surface area (Å²) in [6.45, 7) is 6.55. The lowest BCUT2D eigenvalue weighted by molar-refractivity contribution is -0.126. The van der Waals surface area contributed by atoms with Crippen LogP contribution in [0.1, 0.15) is 56.7 Å². The number of hydrogen-bond donors (Lipinski definition) is 1. The van der Waals surface area contributed by atoms with Crippen molar-refractivity contribution in [2.24, 2.45) is 23.7 Å². The fourth-order valence-corrected chi connectivity index (χ4v) is 8.25. The Balaban J connectivity index is 1.02. The number of hydrogen-bond acceptors (Lipinski definition) is 7. The van der Waals surface area contributed by atoms with Crippen LogP contribution in [0.15, 0.2) is 24.2 Å².